The van der Waals surface area contributed by atoms with Crippen LogP contribution in [0.5, 0.6) is 5.75 Å². The second-order valence-corrected chi connectivity index (χ2v) is 6.49. The third kappa shape index (κ3) is 3.49. The summed E-state index contributed by atoms with van der Waals surface area (Å²) in [4.78, 5) is 13.7. The molecule has 2 aromatic carbocycles. The van der Waals surface area contributed by atoms with Crippen LogP contribution in [0.2, 0.25) is 0 Å². The number of ether oxygens (including phenoxy) is 1. The van der Waals surface area contributed by atoms with Crippen molar-refractivity contribution in [2.24, 2.45) is 0 Å². The average Bonchev–Trinajstić information content (AvgIpc) is 3.04. The number of thiophene rings is 1. The highest BCUT2D eigenvalue weighted by atomic mass is 32.1. The van der Waals surface area contributed by atoms with E-state index in [4.69, 9.17) is 4.74 Å². The van der Waals surface area contributed by atoms with E-state index in [2.05, 4.69) is 18.3 Å². The van der Waals surface area contributed by atoms with Crippen molar-refractivity contribution in [3.8, 4) is 16.9 Å². The number of nitrogens with one attached hydrogen (secondary N) is 1. The van der Waals surface area contributed by atoms with Crippen LogP contribution in [0.1, 0.15) is 20.8 Å². The molecule has 0 aliphatic rings. The molecule has 122 valence electrons. The van der Waals surface area contributed by atoms with Gasteiger partial charge in [-0.3, -0.25) is 4.79 Å². The van der Waals surface area contributed by atoms with Gasteiger partial charge in [0.05, 0.1) is 13.7 Å². The standard InChI is InChI=1S/C20H19NO2S/c1-14-10-11-24-19(14)13-21-20(22)16-8-9-18(23-2)17(12-16)15-6-4-3-5-7-15/h3-12H,13H2,1-2H3,(H,21,22). The van der Waals surface area contributed by atoms with Crippen LogP contribution in [0.15, 0.2) is 60.0 Å². The predicted octanol–water partition coefficient (Wildman–Crippen LogP) is 4.66. The maximum Gasteiger partial charge on any atom is 0.251 e. The highest BCUT2D eigenvalue weighted by Gasteiger charge is 2.12. The first-order chi connectivity index (χ1) is 11.7. The van der Waals surface area contributed by atoms with E-state index in [1.165, 1.54) is 10.4 Å². The molecule has 1 N–H and O–H groups in total. The summed E-state index contributed by atoms with van der Waals surface area (Å²) in [7, 11) is 1.64. The molecule has 0 unspecified atom stereocenters. The van der Waals surface area contributed by atoms with E-state index in [1.807, 2.05) is 47.8 Å². The highest BCUT2D eigenvalue weighted by molar-refractivity contribution is 7.10. The number of rotatable bonds is 5. The Balaban J connectivity index is 1.83. The van der Waals surface area contributed by atoms with Gasteiger partial charge in [-0.2, -0.15) is 0 Å². The third-order valence-corrected chi connectivity index (χ3v) is 4.95. The van der Waals surface area contributed by atoms with Gasteiger partial charge in [0.1, 0.15) is 5.75 Å². The first kappa shape index (κ1) is 16.3. The predicted molar refractivity (Wildman–Crippen MR) is 98.7 cm³/mol. The van der Waals surface area contributed by atoms with Crippen molar-refractivity contribution in [2.75, 3.05) is 7.11 Å². The van der Waals surface area contributed by atoms with E-state index < -0.39 is 0 Å². The van der Waals surface area contributed by atoms with Crippen molar-refractivity contribution in [1.29, 1.82) is 0 Å². The minimum atomic E-state index is -0.0809. The fourth-order valence-electron chi connectivity index (χ4n) is 2.54. The molecule has 0 aliphatic carbocycles. The Morgan fingerprint density at radius 3 is 2.58 bits per heavy atom. The van der Waals surface area contributed by atoms with Crippen LogP contribution >= 0.6 is 11.3 Å². The Hall–Kier alpha value is -2.59. The van der Waals surface area contributed by atoms with Gasteiger partial charge in [0.2, 0.25) is 0 Å². The van der Waals surface area contributed by atoms with Gasteiger partial charge in [0, 0.05) is 16.0 Å². The van der Waals surface area contributed by atoms with E-state index >= 15 is 0 Å². The zero-order chi connectivity index (χ0) is 16.9. The molecule has 0 saturated heterocycles. The molecule has 1 heterocycles. The largest absolute Gasteiger partial charge is 0.496 e. The number of hydrogen-bond donors (Lipinski definition) is 1. The second-order valence-electron chi connectivity index (χ2n) is 5.49. The molecule has 1 amide bonds. The normalized spacial score (nSPS) is 10.4. The van der Waals surface area contributed by atoms with Crippen molar-refractivity contribution in [2.45, 2.75) is 13.5 Å². The summed E-state index contributed by atoms with van der Waals surface area (Å²) in [5.41, 5.74) is 3.78. The summed E-state index contributed by atoms with van der Waals surface area (Å²) < 4.78 is 5.44. The molecule has 0 saturated carbocycles. The molecule has 4 heteroatoms. The van der Waals surface area contributed by atoms with Crippen molar-refractivity contribution >= 4 is 17.2 Å². The fourth-order valence-corrected chi connectivity index (χ4v) is 3.39. The van der Waals surface area contributed by atoms with Gasteiger partial charge in [-0.1, -0.05) is 30.3 Å². The van der Waals surface area contributed by atoms with Gasteiger partial charge in [0.15, 0.2) is 0 Å². The van der Waals surface area contributed by atoms with Crippen LogP contribution in [0.4, 0.5) is 0 Å². The molecule has 0 radical (unpaired) electrons. The summed E-state index contributed by atoms with van der Waals surface area (Å²) >= 11 is 1.66. The minimum absolute atomic E-state index is 0.0809. The molecule has 1 aromatic heterocycles. The maximum absolute atomic E-state index is 12.5. The van der Waals surface area contributed by atoms with Gasteiger partial charge < -0.3 is 10.1 Å². The zero-order valence-electron chi connectivity index (χ0n) is 13.7. The lowest BCUT2D eigenvalue weighted by molar-refractivity contribution is 0.0951. The summed E-state index contributed by atoms with van der Waals surface area (Å²) in [5, 5.41) is 5.03. The molecule has 3 nitrogen and oxygen atoms in total. The molecular formula is C20H19NO2S. The van der Waals surface area contributed by atoms with Gasteiger partial charge in [-0.15, -0.1) is 11.3 Å². The van der Waals surface area contributed by atoms with E-state index in [1.54, 1.807) is 24.5 Å². The lowest BCUT2D eigenvalue weighted by atomic mass is 10.0. The van der Waals surface area contributed by atoms with Crippen molar-refractivity contribution in [1.82, 2.24) is 5.32 Å². The van der Waals surface area contributed by atoms with Crippen LogP contribution < -0.4 is 10.1 Å². The lowest BCUT2D eigenvalue weighted by Crippen LogP contribution is -2.22. The first-order valence-corrected chi connectivity index (χ1v) is 8.61. The molecule has 0 spiro atoms. The Morgan fingerprint density at radius 1 is 1.12 bits per heavy atom. The fraction of sp³-hybridized carbons (Fsp3) is 0.150. The monoisotopic (exact) mass is 337 g/mol. The zero-order valence-corrected chi connectivity index (χ0v) is 14.5. The van der Waals surface area contributed by atoms with Crippen LogP contribution in [0.3, 0.4) is 0 Å². The van der Waals surface area contributed by atoms with Crippen molar-refractivity contribution in [3.63, 3.8) is 0 Å². The molecule has 24 heavy (non-hydrogen) atoms. The van der Waals surface area contributed by atoms with Gasteiger partial charge in [-0.05, 0) is 47.7 Å². The van der Waals surface area contributed by atoms with Crippen LogP contribution in [0, 0.1) is 6.92 Å². The number of carbonyl (C=O) groups excluding carboxylic acids is 1. The van der Waals surface area contributed by atoms with Crippen molar-refractivity contribution < 1.29 is 9.53 Å². The lowest BCUT2D eigenvalue weighted by Gasteiger charge is -2.11. The number of methoxy groups -OCH3 is 1. The molecule has 3 rings (SSSR count). The SMILES string of the molecule is COc1ccc(C(=O)NCc2sccc2C)cc1-c1ccccc1. The van der Waals surface area contributed by atoms with E-state index in [9.17, 15) is 4.79 Å². The van der Waals surface area contributed by atoms with Gasteiger partial charge in [0.25, 0.3) is 5.91 Å². The van der Waals surface area contributed by atoms with E-state index in [0.29, 0.717) is 12.1 Å². The second kappa shape index (κ2) is 7.32. The summed E-state index contributed by atoms with van der Waals surface area (Å²) in [6.07, 6.45) is 0. The van der Waals surface area contributed by atoms with Gasteiger partial charge in [-0.25, -0.2) is 0 Å². The minimum Gasteiger partial charge on any atom is -0.496 e. The Morgan fingerprint density at radius 2 is 1.92 bits per heavy atom. The number of aryl methyl sites for hydroxylation is 1. The molecule has 0 aliphatic heterocycles. The average molecular weight is 337 g/mol. The molecule has 3 aromatic rings. The van der Waals surface area contributed by atoms with Crippen molar-refractivity contribution in [3.05, 3.63) is 76.0 Å². The van der Waals surface area contributed by atoms with E-state index in [-0.39, 0.29) is 5.91 Å². The summed E-state index contributed by atoms with van der Waals surface area (Å²) in [6.45, 7) is 2.61. The van der Waals surface area contributed by atoms with Crippen LogP contribution in [-0.2, 0) is 6.54 Å². The van der Waals surface area contributed by atoms with Gasteiger partial charge >= 0.3 is 0 Å². The summed E-state index contributed by atoms with van der Waals surface area (Å²) in [5.74, 6) is 0.675. The highest BCUT2D eigenvalue weighted by Crippen LogP contribution is 2.30. The first-order valence-electron chi connectivity index (χ1n) is 7.73. The summed E-state index contributed by atoms with van der Waals surface area (Å²) in [6, 6.07) is 17.5. The Bertz CT molecular complexity index is 840. The third-order valence-electron chi connectivity index (χ3n) is 3.92. The Labute approximate surface area is 145 Å². The topological polar surface area (TPSA) is 38.3 Å². The quantitative estimate of drug-likeness (QED) is 0.735. The van der Waals surface area contributed by atoms with Crippen LogP contribution in [-0.4, -0.2) is 13.0 Å². The molecular weight excluding hydrogens is 318 g/mol. The van der Waals surface area contributed by atoms with E-state index in [0.717, 1.165) is 16.9 Å². The molecule has 0 atom stereocenters. The number of carbonyl (C=O) groups is 1. The Kier molecular flexibility index (Phi) is 4.96. The molecule has 0 fully saturated rings. The smallest absolute Gasteiger partial charge is 0.251 e. The molecule has 0 bridgehead atoms. The number of hydrogen-bond acceptors (Lipinski definition) is 3. The number of amides is 1. The number of benzene rings is 2. The van der Waals surface area contributed by atoms with Crippen LogP contribution in [0.25, 0.3) is 11.1 Å². The maximum atomic E-state index is 12.5.